The number of pyridine rings is 1. The fourth-order valence-electron chi connectivity index (χ4n) is 4.05. The van der Waals surface area contributed by atoms with Crippen LogP contribution in [-0.2, 0) is 9.53 Å². The van der Waals surface area contributed by atoms with Crippen LogP contribution in [0.3, 0.4) is 0 Å². The van der Waals surface area contributed by atoms with E-state index in [1.165, 1.54) is 18.3 Å². The van der Waals surface area contributed by atoms with E-state index < -0.39 is 17.2 Å². The molecule has 1 aromatic heterocycles. The van der Waals surface area contributed by atoms with E-state index in [0.717, 1.165) is 5.75 Å². The van der Waals surface area contributed by atoms with E-state index in [-0.39, 0.29) is 24.0 Å². The number of ether oxygens (including phenoxy) is 1. The number of piperidine rings is 1. The zero-order valence-electron chi connectivity index (χ0n) is 16.9. The second-order valence-electron chi connectivity index (χ2n) is 8.02. The van der Waals surface area contributed by atoms with Crippen molar-refractivity contribution in [1.29, 1.82) is 0 Å². The van der Waals surface area contributed by atoms with Crippen LogP contribution in [0, 0.1) is 0 Å². The maximum atomic E-state index is 12.6. The Hall–Kier alpha value is -1.84. The molecule has 2 fully saturated rings. The monoisotopic (exact) mass is 423 g/mol. The van der Waals surface area contributed by atoms with Gasteiger partial charge in [-0.2, -0.15) is 11.8 Å². The van der Waals surface area contributed by atoms with E-state index >= 15 is 0 Å². The highest BCUT2D eigenvalue weighted by atomic mass is 32.2. The van der Waals surface area contributed by atoms with Crippen LogP contribution in [0.5, 0.6) is 0 Å². The highest BCUT2D eigenvalue weighted by molar-refractivity contribution is 7.99. The molecule has 1 spiro atoms. The molecule has 0 aliphatic carbocycles. The summed E-state index contributed by atoms with van der Waals surface area (Å²) in [5.74, 6) is 1.20. The Labute approximate surface area is 174 Å². The van der Waals surface area contributed by atoms with Crippen molar-refractivity contribution in [2.75, 3.05) is 31.2 Å². The van der Waals surface area contributed by atoms with Gasteiger partial charge >= 0.3 is 0 Å². The van der Waals surface area contributed by atoms with Gasteiger partial charge in [-0.15, -0.1) is 0 Å². The van der Waals surface area contributed by atoms with Gasteiger partial charge in [-0.25, -0.2) is 0 Å². The lowest BCUT2D eigenvalue weighted by molar-refractivity contribution is -0.179. The Morgan fingerprint density at radius 2 is 2.10 bits per heavy atom. The van der Waals surface area contributed by atoms with Crippen LogP contribution in [0.25, 0.3) is 0 Å². The lowest BCUT2D eigenvalue weighted by Crippen LogP contribution is -2.65. The van der Waals surface area contributed by atoms with Crippen LogP contribution in [0.4, 0.5) is 0 Å². The number of carbonyl (C=O) groups excluding carboxylic acids is 2. The summed E-state index contributed by atoms with van der Waals surface area (Å²) in [5, 5.41) is 13.5. The molecule has 2 aliphatic heterocycles. The van der Waals surface area contributed by atoms with Gasteiger partial charge in [-0.3, -0.25) is 14.4 Å². The molecule has 160 valence electrons. The van der Waals surface area contributed by atoms with Gasteiger partial charge in [-0.05, 0) is 31.6 Å². The number of rotatable bonds is 5. The van der Waals surface area contributed by atoms with Crippen molar-refractivity contribution in [3.05, 3.63) is 34.2 Å². The van der Waals surface area contributed by atoms with Crippen molar-refractivity contribution < 1.29 is 19.4 Å². The molecule has 9 heteroatoms. The van der Waals surface area contributed by atoms with Crippen molar-refractivity contribution >= 4 is 23.6 Å². The molecule has 3 rings (SSSR count). The van der Waals surface area contributed by atoms with Crippen LogP contribution >= 0.6 is 11.8 Å². The fourth-order valence-corrected chi connectivity index (χ4v) is 4.62. The molecule has 0 unspecified atom stereocenters. The summed E-state index contributed by atoms with van der Waals surface area (Å²) in [5.41, 5.74) is -1.29. The van der Waals surface area contributed by atoms with Crippen molar-refractivity contribution in [2.45, 2.75) is 50.4 Å². The fraction of sp³-hybridized carbons (Fsp3) is 0.650. The van der Waals surface area contributed by atoms with Crippen LogP contribution < -0.4 is 10.9 Å². The molecular formula is C20H29N3O5S. The van der Waals surface area contributed by atoms with Crippen LogP contribution in [0.15, 0.2) is 23.1 Å². The third kappa shape index (κ3) is 5.02. The van der Waals surface area contributed by atoms with E-state index in [2.05, 4.69) is 10.3 Å². The minimum atomic E-state index is -0.865. The Bertz CT molecular complexity index is 785. The number of hydrogen-bond donors (Lipinski definition) is 3. The number of hydrogen-bond acceptors (Lipinski definition) is 6. The quantitative estimate of drug-likeness (QED) is 0.645. The SMILES string of the molecule is CCSCC(=O)N1CCC2(CC1)C[C@](C)(NC(=O)c1ccc(=O)[nH]c1)[C@@H](O)CO2. The van der Waals surface area contributed by atoms with Crippen LogP contribution in [0.2, 0.25) is 0 Å². The zero-order valence-corrected chi connectivity index (χ0v) is 17.7. The van der Waals surface area contributed by atoms with Gasteiger partial charge in [0.1, 0.15) is 6.10 Å². The molecule has 29 heavy (non-hydrogen) atoms. The molecular weight excluding hydrogens is 394 g/mol. The van der Waals surface area contributed by atoms with Gasteiger partial charge in [0.15, 0.2) is 0 Å². The Morgan fingerprint density at radius 1 is 1.38 bits per heavy atom. The molecule has 0 saturated carbocycles. The van der Waals surface area contributed by atoms with E-state index in [4.69, 9.17) is 4.74 Å². The molecule has 0 radical (unpaired) electrons. The normalized spacial score (nSPS) is 26.3. The number of nitrogens with one attached hydrogen (secondary N) is 2. The van der Waals surface area contributed by atoms with Gasteiger partial charge in [0.25, 0.3) is 5.91 Å². The standard InChI is InChI=1S/C20H29N3O5S/c1-3-29-12-17(26)23-8-6-20(7-9-23)13-19(2,15(24)11-28-20)22-18(27)14-4-5-16(25)21-10-14/h4-5,10,15,24H,3,6-9,11-13H2,1-2H3,(H,21,25)(H,22,27)/t15-,19-/m0/s1. The number of thioether (sulfide) groups is 1. The number of aliphatic hydroxyl groups excluding tert-OH is 1. The van der Waals surface area contributed by atoms with Crippen LogP contribution in [-0.4, -0.2) is 75.3 Å². The first-order valence-electron chi connectivity index (χ1n) is 9.96. The Morgan fingerprint density at radius 3 is 2.72 bits per heavy atom. The summed E-state index contributed by atoms with van der Waals surface area (Å²) in [6.45, 7) is 5.21. The molecule has 3 heterocycles. The second-order valence-corrected chi connectivity index (χ2v) is 9.29. The highest BCUT2D eigenvalue weighted by Crippen LogP contribution is 2.40. The minimum Gasteiger partial charge on any atom is -0.388 e. The number of nitrogens with zero attached hydrogens (tertiary/aromatic N) is 1. The number of carbonyl (C=O) groups is 2. The van der Waals surface area contributed by atoms with E-state index in [9.17, 15) is 19.5 Å². The van der Waals surface area contributed by atoms with Crippen molar-refractivity contribution in [2.24, 2.45) is 0 Å². The smallest absolute Gasteiger partial charge is 0.253 e. The molecule has 2 atom stereocenters. The van der Waals surface area contributed by atoms with Crippen molar-refractivity contribution in [3.8, 4) is 0 Å². The average Bonchev–Trinajstić information content (AvgIpc) is 2.70. The molecule has 2 saturated heterocycles. The number of aromatic amines is 1. The maximum absolute atomic E-state index is 12.6. The number of aliphatic hydroxyl groups is 1. The largest absolute Gasteiger partial charge is 0.388 e. The second kappa shape index (κ2) is 8.89. The zero-order chi connectivity index (χ0) is 21.1. The molecule has 0 aromatic carbocycles. The molecule has 2 aliphatic rings. The third-order valence-electron chi connectivity index (χ3n) is 5.87. The van der Waals surface area contributed by atoms with Gasteiger partial charge in [0.05, 0.1) is 29.1 Å². The minimum absolute atomic E-state index is 0.127. The summed E-state index contributed by atoms with van der Waals surface area (Å²) >= 11 is 1.62. The first-order chi connectivity index (χ1) is 13.8. The van der Waals surface area contributed by atoms with Gasteiger partial charge in [0, 0.05) is 31.8 Å². The lowest BCUT2D eigenvalue weighted by atomic mass is 9.74. The summed E-state index contributed by atoms with van der Waals surface area (Å²) in [6, 6.07) is 2.75. The Balaban J connectivity index is 1.65. The van der Waals surface area contributed by atoms with Crippen LogP contribution in [0.1, 0.15) is 43.5 Å². The number of likely N-dealkylation sites (tertiary alicyclic amines) is 1. The summed E-state index contributed by atoms with van der Waals surface area (Å²) in [7, 11) is 0. The van der Waals surface area contributed by atoms with Gasteiger partial charge in [0.2, 0.25) is 11.5 Å². The van der Waals surface area contributed by atoms with Crippen molar-refractivity contribution in [1.82, 2.24) is 15.2 Å². The summed E-state index contributed by atoms with van der Waals surface area (Å²) in [4.78, 5) is 40.5. The molecule has 0 bridgehead atoms. The van der Waals surface area contributed by atoms with Crippen molar-refractivity contribution in [3.63, 3.8) is 0 Å². The van der Waals surface area contributed by atoms with E-state index in [1.54, 1.807) is 11.8 Å². The highest BCUT2D eigenvalue weighted by Gasteiger charge is 2.50. The maximum Gasteiger partial charge on any atom is 0.253 e. The topological polar surface area (TPSA) is 112 Å². The molecule has 1 aromatic rings. The molecule has 2 amide bonds. The predicted molar refractivity (Wildman–Crippen MR) is 111 cm³/mol. The first kappa shape index (κ1) is 21.9. The molecule has 8 nitrogen and oxygen atoms in total. The molecule has 3 N–H and O–H groups in total. The first-order valence-corrected chi connectivity index (χ1v) is 11.1. The van der Waals surface area contributed by atoms with Gasteiger partial charge in [-0.1, -0.05) is 6.92 Å². The van der Waals surface area contributed by atoms with E-state index in [1.807, 2.05) is 18.7 Å². The lowest BCUT2D eigenvalue weighted by Gasteiger charge is -2.52. The van der Waals surface area contributed by atoms with Gasteiger partial charge < -0.3 is 25.0 Å². The predicted octanol–water partition coefficient (Wildman–Crippen LogP) is 0.759. The average molecular weight is 424 g/mol. The Kier molecular flexibility index (Phi) is 6.70. The number of H-pyrrole nitrogens is 1. The summed E-state index contributed by atoms with van der Waals surface area (Å²) in [6.07, 6.45) is 2.32. The third-order valence-corrected chi connectivity index (χ3v) is 6.73. The summed E-state index contributed by atoms with van der Waals surface area (Å²) < 4.78 is 6.03. The van der Waals surface area contributed by atoms with E-state index in [0.29, 0.717) is 43.7 Å². The number of amides is 2. The number of aromatic nitrogens is 1.